The third-order valence-corrected chi connectivity index (χ3v) is 5.03. The van der Waals surface area contributed by atoms with Crippen LogP contribution >= 0.6 is 11.6 Å². The van der Waals surface area contributed by atoms with E-state index in [0.29, 0.717) is 18.4 Å². The van der Waals surface area contributed by atoms with Gasteiger partial charge in [0, 0.05) is 0 Å². The van der Waals surface area contributed by atoms with Crippen molar-refractivity contribution in [3.63, 3.8) is 0 Å². The van der Waals surface area contributed by atoms with Gasteiger partial charge in [0.2, 0.25) is 5.91 Å². The lowest BCUT2D eigenvalue weighted by Gasteiger charge is -2.33. The van der Waals surface area contributed by atoms with Gasteiger partial charge in [0.05, 0.1) is 0 Å². The number of hydrogen-bond donors (Lipinski definition) is 2. The fourth-order valence-corrected chi connectivity index (χ4v) is 3.29. The zero-order valence-corrected chi connectivity index (χ0v) is 14.2. The van der Waals surface area contributed by atoms with Gasteiger partial charge < -0.3 is 10.4 Å². The smallest absolute Gasteiger partial charge is 0.329 e. The van der Waals surface area contributed by atoms with Gasteiger partial charge in [0.15, 0.2) is 0 Å². The molecule has 0 saturated heterocycles. The van der Waals surface area contributed by atoms with E-state index in [-0.39, 0.29) is 0 Å². The van der Waals surface area contributed by atoms with Gasteiger partial charge in [-0.3, -0.25) is 4.79 Å². The molecule has 126 valence electrons. The molecule has 1 aromatic rings. The number of rotatable bonds is 4. The number of benzene rings is 1. The molecule has 0 radical (unpaired) electrons. The summed E-state index contributed by atoms with van der Waals surface area (Å²) < 4.78 is 0. The van der Waals surface area contributed by atoms with Crippen LogP contribution in [0.3, 0.4) is 0 Å². The van der Waals surface area contributed by atoms with Crippen molar-refractivity contribution in [2.75, 3.05) is 0 Å². The second-order valence-electron chi connectivity index (χ2n) is 6.42. The Morgan fingerprint density at radius 1 is 1.09 bits per heavy atom. The number of carboxylic acid groups (broad SMARTS) is 1. The standard InChI is InChI=1S/C18H24ClNO3/c1-13-7-9-14(10-8-13)15(19)16(21)20-18(17(22)23)11-5-3-2-4-6-12-18/h7-10,15H,2-6,11-12H2,1H3,(H,20,21)(H,22,23). The van der Waals surface area contributed by atoms with Crippen molar-refractivity contribution >= 4 is 23.5 Å². The average molecular weight is 338 g/mol. The van der Waals surface area contributed by atoms with E-state index in [1.54, 1.807) is 12.1 Å². The second-order valence-corrected chi connectivity index (χ2v) is 6.85. The van der Waals surface area contributed by atoms with Crippen molar-refractivity contribution in [1.82, 2.24) is 5.32 Å². The molecule has 23 heavy (non-hydrogen) atoms. The molecule has 1 amide bonds. The van der Waals surface area contributed by atoms with Crippen LogP contribution in [0, 0.1) is 6.92 Å². The highest BCUT2D eigenvalue weighted by atomic mass is 35.5. The summed E-state index contributed by atoms with van der Waals surface area (Å²) >= 11 is 6.26. The number of hydrogen-bond acceptors (Lipinski definition) is 2. The maximum Gasteiger partial charge on any atom is 0.329 e. The van der Waals surface area contributed by atoms with E-state index in [4.69, 9.17) is 11.6 Å². The van der Waals surface area contributed by atoms with Crippen LogP contribution in [0.5, 0.6) is 0 Å². The first-order chi connectivity index (χ1) is 10.9. The molecular weight excluding hydrogens is 314 g/mol. The molecule has 4 nitrogen and oxygen atoms in total. The summed E-state index contributed by atoms with van der Waals surface area (Å²) in [5.74, 6) is -1.39. The lowest BCUT2D eigenvalue weighted by Crippen LogP contribution is -2.55. The Balaban J connectivity index is 2.13. The van der Waals surface area contributed by atoms with Crippen LogP contribution < -0.4 is 5.32 Å². The van der Waals surface area contributed by atoms with Crippen molar-refractivity contribution in [1.29, 1.82) is 0 Å². The minimum atomic E-state index is -1.19. The van der Waals surface area contributed by atoms with Crippen molar-refractivity contribution in [2.45, 2.75) is 62.8 Å². The summed E-state index contributed by atoms with van der Waals surface area (Å²) in [6.07, 6.45) is 5.69. The lowest BCUT2D eigenvalue weighted by molar-refractivity contribution is -0.148. The van der Waals surface area contributed by atoms with Gasteiger partial charge in [-0.15, -0.1) is 11.6 Å². The largest absolute Gasteiger partial charge is 0.480 e. The van der Waals surface area contributed by atoms with Gasteiger partial charge in [-0.2, -0.15) is 0 Å². The van der Waals surface area contributed by atoms with E-state index in [9.17, 15) is 14.7 Å². The molecule has 1 aliphatic carbocycles. The van der Waals surface area contributed by atoms with Crippen molar-refractivity contribution in [3.05, 3.63) is 35.4 Å². The quantitative estimate of drug-likeness (QED) is 0.817. The molecule has 1 atom stereocenters. The van der Waals surface area contributed by atoms with Crippen LogP contribution in [-0.2, 0) is 9.59 Å². The molecule has 0 aromatic heterocycles. The molecule has 5 heteroatoms. The Labute approximate surface area is 142 Å². The summed E-state index contributed by atoms with van der Waals surface area (Å²) in [5.41, 5.74) is 0.580. The molecule has 1 aromatic carbocycles. The molecule has 2 N–H and O–H groups in total. The van der Waals surface area contributed by atoms with Crippen LogP contribution in [0.2, 0.25) is 0 Å². The number of carbonyl (C=O) groups excluding carboxylic acids is 1. The Kier molecular flexibility index (Phi) is 6.05. The molecule has 1 saturated carbocycles. The topological polar surface area (TPSA) is 66.4 Å². The maximum atomic E-state index is 12.5. The van der Waals surface area contributed by atoms with Gasteiger partial charge in [0.1, 0.15) is 10.9 Å². The number of aryl methyl sites for hydroxylation is 1. The molecule has 0 spiro atoms. The predicted octanol–water partition coefficient (Wildman–Crippen LogP) is 3.96. The highest BCUT2D eigenvalue weighted by Crippen LogP contribution is 2.29. The fraction of sp³-hybridized carbons (Fsp3) is 0.556. The zero-order valence-electron chi connectivity index (χ0n) is 13.5. The Hall–Kier alpha value is -1.55. The summed E-state index contributed by atoms with van der Waals surface area (Å²) in [7, 11) is 0. The van der Waals surface area contributed by atoms with E-state index < -0.39 is 22.8 Å². The van der Waals surface area contributed by atoms with E-state index in [2.05, 4.69) is 5.32 Å². The molecule has 1 unspecified atom stereocenters. The van der Waals surface area contributed by atoms with E-state index in [1.807, 2.05) is 19.1 Å². The molecule has 0 bridgehead atoms. The number of nitrogens with one attached hydrogen (secondary N) is 1. The number of halogens is 1. The first-order valence-corrected chi connectivity index (χ1v) is 8.64. The van der Waals surface area contributed by atoms with Crippen molar-refractivity contribution in [3.8, 4) is 0 Å². The minimum absolute atomic E-state index is 0.432. The summed E-state index contributed by atoms with van der Waals surface area (Å²) in [4.78, 5) is 24.3. The number of aliphatic carboxylic acids is 1. The predicted molar refractivity (Wildman–Crippen MR) is 90.6 cm³/mol. The first-order valence-electron chi connectivity index (χ1n) is 8.21. The lowest BCUT2D eigenvalue weighted by atomic mass is 9.83. The molecule has 1 aliphatic rings. The highest BCUT2D eigenvalue weighted by Gasteiger charge is 2.40. The molecule has 2 rings (SSSR count). The monoisotopic (exact) mass is 337 g/mol. The molecular formula is C18H24ClNO3. The number of carboxylic acids is 1. The van der Waals surface area contributed by atoms with Gasteiger partial charge in [0.25, 0.3) is 0 Å². The SMILES string of the molecule is Cc1ccc(C(Cl)C(=O)NC2(C(=O)O)CCCCCCC2)cc1. The highest BCUT2D eigenvalue weighted by molar-refractivity contribution is 6.31. The summed E-state index contributed by atoms with van der Waals surface area (Å²) in [6.45, 7) is 1.96. The van der Waals surface area contributed by atoms with Gasteiger partial charge in [-0.25, -0.2) is 4.79 Å². The van der Waals surface area contributed by atoms with Crippen LogP contribution in [-0.4, -0.2) is 22.5 Å². The van der Waals surface area contributed by atoms with E-state index >= 15 is 0 Å². The van der Waals surface area contributed by atoms with Crippen LogP contribution in [0.15, 0.2) is 24.3 Å². The zero-order chi connectivity index (χ0) is 16.9. The van der Waals surface area contributed by atoms with Crippen LogP contribution in [0.1, 0.15) is 61.4 Å². The number of amides is 1. The van der Waals surface area contributed by atoms with E-state index in [0.717, 1.165) is 37.7 Å². The van der Waals surface area contributed by atoms with Crippen LogP contribution in [0.4, 0.5) is 0 Å². The Bertz CT molecular complexity index is 548. The average Bonchev–Trinajstić information content (AvgIpc) is 2.49. The summed E-state index contributed by atoms with van der Waals surface area (Å²) in [6, 6.07) is 7.39. The third-order valence-electron chi connectivity index (χ3n) is 4.58. The molecule has 0 heterocycles. The minimum Gasteiger partial charge on any atom is -0.480 e. The summed E-state index contributed by atoms with van der Waals surface area (Å²) in [5, 5.41) is 11.5. The molecule has 1 fully saturated rings. The van der Waals surface area contributed by atoms with Gasteiger partial charge in [-0.1, -0.05) is 61.9 Å². The second kappa shape index (κ2) is 7.82. The van der Waals surface area contributed by atoms with Gasteiger partial charge >= 0.3 is 5.97 Å². The van der Waals surface area contributed by atoms with Crippen LogP contribution in [0.25, 0.3) is 0 Å². The maximum absolute atomic E-state index is 12.5. The Morgan fingerprint density at radius 3 is 2.13 bits per heavy atom. The number of carbonyl (C=O) groups is 2. The first kappa shape index (κ1) is 17.8. The fourth-order valence-electron chi connectivity index (χ4n) is 3.09. The molecule has 0 aliphatic heterocycles. The van der Waals surface area contributed by atoms with Crippen molar-refractivity contribution in [2.24, 2.45) is 0 Å². The van der Waals surface area contributed by atoms with Gasteiger partial charge in [-0.05, 0) is 25.3 Å². The normalized spacial score (nSPS) is 19.2. The Morgan fingerprint density at radius 2 is 1.61 bits per heavy atom. The van der Waals surface area contributed by atoms with E-state index in [1.165, 1.54) is 0 Å². The number of alkyl halides is 1. The third kappa shape index (κ3) is 4.47. The van der Waals surface area contributed by atoms with Crippen molar-refractivity contribution < 1.29 is 14.7 Å².